The summed E-state index contributed by atoms with van der Waals surface area (Å²) in [6.07, 6.45) is 5.69. The first-order chi connectivity index (χ1) is 14.7. The Bertz CT molecular complexity index is 1050. The third kappa shape index (κ3) is 3.86. The van der Waals surface area contributed by atoms with Crippen molar-refractivity contribution in [3.05, 3.63) is 71.2 Å². The standard InChI is InChI=1S/C25H28FN3O/c26-21-5-6-24-22(15-21)23(16-27-24)19-7-11-28(12-8-19)13-10-25(30)29-14-9-18-3-1-2-4-20(18)17-29/h1-6,15-16,19,27H,7-14,17H2. The highest BCUT2D eigenvalue weighted by atomic mass is 19.1. The van der Waals surface area contributed by atoms with E-state index in [0.29, 0.717) is 12.3 Å². The Morgan fingerprint density at radius 2 is 1.87 bits per heavy atom. The first-order valence-corrected chi connectivity index (χ1v) is 11.0. The summed E-state index contributed by atoms with van der Waals surface area (Å²) >= 11 is 0. The second kappa shape index (κ2) is 8.23. The van der Waals surface area contributed by atoms with Gasteiger partial charge in [-0.25, -0.2) is 4.39 Å². The number of fused-ring (bicyclic) bond motifs is 2. The van der Waals surface area contributed by atoms with Gasteiger partial charge in [-0.2, -0.15) is 0 Å². The Balaban J connectivity index is 1.13. The summed E-state index contributed by atoms with van der Waals surface area (Å²) < 4.78 is 13.7. The number of amides is 1. The van der Waals surface area contributed by atoms with Crippen molar-refractivity contribution in [3.63, 3.8) is 0 Å². The second-order valence-electron chi connectivity index (χ2n) is 8.63. The number of nitrogens with zero attached hydrogens (tertiary/aromatic N) is 2. The van der Waals surface area contributed by atoms with Gasteiger partial charge in [-0.3, -0.25) is 4.79 Å². The summed E-state index contributed by atoms with van der Waals surface area (Å²) in [5, 5.41) is 1.01. The van der Waals surface area contributed by atoms with E-state index in [1.165, 1.54) is 22.8 Å². The average molecular weight is 406 g/mol. The number of H-pyrrole nitrogens is 1. The van der Waals surface area contributed by atoms with Crippen LogP contribution in [0.2, 0.25) is 0 Å². The lowest BCUT2D eigenvalue weighted by Crippen LogP contribution is -2.39. The Hall–Kier alpha value is -2.66. The molecular weight excluding hydrogens is 377 g/mol. The monoisotopic (exact) mass is 405 g/mol. The van der Waals surface area contributed by atoms with Crippen LogP contribution in [0.15, 0.2) is 48.7 Å². The molecule has 4 nitrogen and oxygen atoms in total. The van der Waals surface area contributed by atoms with Gasteiger partial charge in [-0.15, -0.1) is 0 Å². The normalized spacial score (nSPS) is 18.0. The molecule has 0 bridgehead atoms. The highest BCUT2D eigenvalue weighted by molar-refractivity contribution is 5.83. The van der Waals surface area contributed by atoms with Gasteiger partial charge >= 0.3 is 0 Å². The maximum Gasteiger partial charge on any atom is 0.224 e. The Morgan fingerprint density at radius 1 is 1.07 bits per heavy atom. The van der Waals surface area contributed by atoms with Crippen LogP contribution in [0.1, 0.15) is 41.9 Å². The highest BCUT2D eigenvalue weighted by Gasteiger charge is 2.25. The SMILES string of the molecule is O=C(CCN1CCC(c2c[nH]c3ccc(F)cc23)CC1)N1CCc2ccccc2C1. The third-order valence-corrected chi connectivity index (χ3v) is 6.83. The quantitative estimate of drug-likeness (QED) is 0.696. The largest absolute Gasteiger partial charge is 0.361 e. The molecule has 1 fully saturated rings. The number of rotatable bonds is 4. The second-order valence-corrected chi connectivity index (χ2v) is 8.63. The van der Waals surface area contributed by atoms with E-state index in [1.807, 2.05) is 17.2 Å². The fourth-order valence-electron chi connectivity index (χ4n) is 5.04. The summed E-state index contributed by atoms with van der Waals surface area (Å²) in [7, 11) is 0. The maximum atomic E-state index is 13.7. The fourth-order valence-corrected chi connectivity index (χ4v) is 5.04. The van der Waals surface area contributed by atoms with Crippen molar-refractivity contribution < 1.29 is 9.18 Å². The summed E-state index contributed by atoms with van der Waals surface area (Å²) in [4.78, 5) is 20.4. The molecule has 156 valence electrons. The molecule has 1 aromatic heterocycles. The van der Waals surface area contributed by atoms with E-state index in [1.54, 1.807) is 6.07 Å². The summed E-state index contributed by atoms with van der Waals surface area (Å²) in [5.41, 5.74) is 4.89. The minimum atomic E-state index is -0.181. The minimum Gasteiger partial charge on any atom is -0.361 e. The zero-order valence-corrected chi connectivity index (χ0v) is 17.2. The van der Waals surface area contributed by atoms with Crippen LogP contribution in [-0.4, -0.2) is 46.9 Å². The molecule has 1 saturated heterocycles. The Morgan fingerprint density at radius 3 is 2.70 bits per heavy atom. The van der Waals surface area contributed by atoms with Gasteiger partial charge in [0.15, 0.2) is 0 Å². The number of carbonyl (C=O) groups excluding carboxylic acids is 1. The van der Waals surface area contributed by atoms with Crippen LogP contribution in [0.5, 0.6) is 0 Å². The Kier molecular flexibility index (Phi) is 5.30. The first kappa shape index (κ1) is 19.3. The van der Waals surface area contributed by atoms with Crippen LogP contribution in [-0.2, 0) is 17.8 Å². The number of carbonyl (C=O) groups is 1. The van der Waals surface area contributed by atoms with Crippen LogP contribution in [0.3, 0.4) is 0 Å². The van der Waals surface area contributed by atoms with Crippen LogP contribution >= 0.6 is 0 Å². The molecule has 0 aliphatic carbocycles. The number of piperidine rings is 1. The van der Waals surface area contributed by atoms with Gasteiger partial charge < -0.3 is 14.8 Å². The van der Waals surface area contributed by atoms with E-state index in [2.05, 4.69) is 34.1 Å². The third-order valence-electron chi connectivity index (χ3n) is 6.83. The Labute approximate surface area is 176 Å². The average Bonchev–Trinajstić information content (AvgIpc) is 3.20. The van der Waals surface area contributed by atoms with E-state index in [-0.39, 0.29) is 11.7 Å². The van der Waals surface area contributed by atoms with Crippen LogP contribution < -0.4 is 0 Å². The molecule has 0 atom stereocenters. The predicted molar refractivity (Wildman–Crippen MR) is 117 cm³/mol. The minimum absolute atomic E-state index is 0.181. The number of nitrogens with one attached hydrogen (secondary N) is 1. The number of hydrogen-bond acceptors (Lipinski definition) is 2. The van der Waals surface area contributed by atoms with E-state index in [9.17, 15) is 9.18 Å². The van der Waals surface area contributed by atoms with Crippen molar-refractivity contribution in [2.75, 3.05) is 26.2 Å². The zero-order valence-electron chi connectivity index (χ0n) is 17.2. The number of halogens is 1. The topological polar surface area (TPSA) is 39.3 Å². The number of likely N-dealkylation sites (tertiary alicyclic amines) is 1. The molecule has 30 heavy (non-hydrogen) atoms. The van der Waals surface area contributed by atoms with Crippen molar-refractivity contribution in [1.29, 1.82) is 0 Å². The van der Waals surface area contributed by atoms with Crippen molar-refractivity contribution in [2.45, 2.75) is 38.1 Å². The lowest BCUT2D eigenvalue weighted by molar-refractivity contribution is -0.132. The number of aromatic amines is 1. The van der Waals surface area contributed by atoms with E-state index >= 15 is 0 Å². The molecule has 0 spiro atoms. The molecule has 3 heterocycles. The summed E-state index contributed by atoms with van der Waals surface area (Å²) in [6.45, 7) is 4.38. The van der Waals surface area contributed by atoms with Gasteiger partial charge in [0, 0.05) is 43.2 Å². The van der Waals surface area contributed by atoms with Crippen molar-refractivity contribution in [3.8, 4) is 0 Å². The van der Waals surface area contributed by atoms with Gasteiger partial charge in [0.05, 0.1) is 0 Å². The molecular formula is C25H28FN3O. The molecule has 0 radical (unpaired) electrons. The molecule has 1 amide bonds. The molecule has 0 saturated carbocycles. The smallest absolute Gasteiger partial charge is 0.224 e. The molecule has 5 rings (SSSR count). The molecule has 1 N–H and O–H groups in total. The fraction of sp³-hybridized carbons (Fsp3) is 0.400. The van der Waals surface area contributed by atoms with Gasteiger partial charge in [0.1, 0.15) is 5.82 Å². The summed E-state index contributed by atoms with van der Waals surface area (Å²) in [6, 6.07) is 13.4. The van der Waals surface area contributed by atoms with Gasteiger partial charge in [0.2, 0.25) is 5.91 Å². The molecule has 2 aromatic carbocycles. The highest BCUT2D eigenvalue weighted by Crippen LogP contribution is 2.33. The van der Waals surface area contributed by atoms with Crippen LogP contribution in [0.4, 0.5) is 4.39 Å². The molecule has 2 aliphatic rings. The van der Waals surface area contributed by atoms with Gasteiger partial charge in [0.25, 0.3) is 0 Å². The van der Waals surface area contributed by atoms with Crippen LogP contribution in [0.25, 0.3) is 10.9 Å². The number of aromatic nitrogens is 1. The van der Waals surface area contributed by atoms with E-state index in [4.69, 9.17) is 0 Å². The maximum absolute atomic E-state index is 13.7. The number of hydrogen-bond donors (Lipinski definition) is 1. The van der Waals surface area contributed by atoms with Gasteiger partial charge in [-0.1, -0.05) is 24.3 Å². The zero-order chi connectivity index (χ0) is 20.5. The lowest BCUT2D eigenvalue weighted by Gasteiger charge is -2.33. The van der Waals surface area contributed by atoms with Crippen molar-refractivity contribution in [1.82, 2.24) is 14.8 Å². The van der Waals surface area contributed by atoms with E-state index in [0.717, 1.165) is 62.9 Å². The first-order valence-electron chi connectivity index (χ1n) is 11.0. The molecule has 3 aromatic rings. The lowest BCUT2D eigenvalue weighted by atomic mass is 9.89. The van der Waals surface area contributed by atoms with Crippen molar-refractivity contribution in [2.24, 2.45) is 0 Å². The molecule has 5 heteroatoms. The van der Waals surface area contributed by atoms with Crippen LogP contribution in [0, 0.1) is 5.82 Å². The number of benzene rings is 2. The predicted octanol–water partition coefficient (Wildman–Crippen LogP) is 4.46. The summed E-state index contributed by atoms with van der Waals surface area (Å²) in [5.74, 6) is 0.532. The van der Waals surface area contributed by atoms with Crippen molar-refractivity contribution >= 4 is 16.8 Å². The van der Waals surface area contributed by atoms with E-state index < -0.39 is 0 Å². The molecule has 0 unspecified atom stereocenters. The van der Waals surface area contributed by atoms with Gasteiger partial charge in [-0.05, 0) is 73.2 Å². The molecule has 2 aliphatic heterocycles.